The third-order valence-electron chi connectivity index (χ3n) is 3.35. The molecule has 2 N–H and O–H groups in total. The van der Waals surface area contributed by atoms with E-state index >= 15 is 0 Å². The summed E-state index contributed by atoms with van der Waals surface area (Å²) in [6, 6.07) is 0. The molecule has 0 saturated heterocycles. The van der Waals surface area contributed by atoms with Gasteiger partial charge in [-0.3, -0.25) is 4.79 Å². The molecule has 1 aliphatic carbocycles. The molecule has 2 unspecified atom stereocenters. The van der Waals surface area contributed by atoms with Gasteiger partial charge in [0.05, 0.1) is 12.3 Å². The highest BCUT2D eigenvalue weighted by Crippen LogP contribution is 2.23. The lowest BCUT2D eigenvalue weighted by Crippen LogP contribution is -2.36. The summed E-state index contributed by atoms with van der Waals surface area (Å²) < 4.78 is 4.87. The fraction of sp³-hybridized carbons (Fsp3) is 0.667. The van der Waals surface area contributed by atoms with Gasteiger partial charge in [-0.15, -0.1) is 0 Å². The van der Waals surface area contributed by atoms with Gasteiger partial charge in [0.15, 0.2) is 0 Å². The number of hydrogen-bond donors (Lipinski definition) is 2. The summed E-state index contributed by atoms with van der Waals surface area (Å²) in [5.41, 5.74) is 0.728. The number of carbonyl (C=O) groups is 1. The van der Waals surface area contributed by atoms with Crippen molar-refractivity contribution in [2.45, 2.75) is 38.7 Å². The highest BCUT2D eigenvalue weighted by atomic mass is 16.5. The van der Waals surface area contributed by atoms with Crippen LogP contribution in [0.25, 0.3) is 0 Å². The lowest BCUT2D eigenvalue weighted by atomic mass is 9.86. The summed E-state index contributed by atoms with van der Waals surface area (Å²) in [6.45, 7) is 2.28. The van der Waals surface area contributed by atoms with Gasteiger partial charge in [0.2, 0.25) is 5.76 Å². The minimum atomic E-state index is -0.292. The molecule has 0 bridgehead atoms. The maximum Gasteiger partial charge on any atom is 0.290 e. The molecule has 1 saturated carbocycles. The molecule has 0 spiro atoms. The monoisotopic (exact) mass is 238 g/mol. The van der Waals surface area contributed by atoms with E-state index in [1.165, 1.54) is 6.20 Å². The van der Waals surface area contributed by atoms with E-state index in [0.717, 1.165) is 31.2 Å². The summed E-state index contributed by atoms with van der Waals surface area (Å²) in [5.74, 6) is 0.170. The number of aliphatic hydroxyl groups is 1. The molecule has 1 aliphatic rings. The minimum Gasteiger partial charge on any atom is -0.393 e. The third-order valence-corrected chi connectivity index (χ3v) is 3.35. The largest absolute Gasteiger partial charge is 0.393 e. The Labute approximate surface area is 100 Å². The van der Waals surface area contributed by atoms with Crippen molar-refractivity contribution in [1.82, 2.24) is 10.5 Å². The predicted molar refractivity (Wildman–Crippen MR) is 61.5 cm³/mol. The molecule has 0 aliphatic heterocycles. The van der Waals surface area contributed by atoms with Gasteiger partial charge < -0.3 is 14.9 Å². The maximum atomic E-state index is 11.7. The summed E-state index contributed by atoms with van der Waals surface area (Å²) in [4.78, 5) is 11.7. The van der Waals surface area contributed by atoms with Crippen molar-refractivity contribution in [1.29, 1.82) is 0 Å². The molecule has 1 amide bonds. The first-order valence-electron chi connectivity index (χ1n) is 6.06. The number of rotatable bonds is 3. The van der Waals surface area contributed by atoms with Crippen LogP contribution in [0.3, 0.4) is 0 Å². The first-order chi connectivity index (χ1) is 8.18. The fourth-order valence-electron chi connectivity index (χ4n) is 2.24. The predicted octanol–water partition coefficient (Wildman–Crippen LogP) is 1.26. The number of aryl methyl sites for hydroxylation is 1. The van der Waals surface area contributed by atoms with Gasteiger partial charge in [-0.25, -0.2) is 0 Å². The van der Waals surface area contributed by atoms with Gasteiger partial charge in [-0.1, -0.05) is 18.0 Å². The molecule has 2 rings (SSSR count). The third kappa shape index (κ3) is 2.85. The molecule has 0 radical (unpaired) electrons. The van der Waals surface area contributed by atoms with Crippen molar-refractivity contribution >= 4 is 5.91 Å². The molecule has 1 heterocycles. The lowest BCUT2D eigenvalue weighted by molar-refractivity contribution is 0.0653. The normalized spacial score (nSPS) is 24.6. The van der Waals surface area contributed by atoms with Crippen LogP contribution in [0.5, 0.6) is 0 Å². The van der Waals surface area contributed by atoms with E-state index in [1.807, 2.05) is 0 Å². The second-order valence-corrected chi connectivity index (χ2v) is 4.66. The van der Waals surface area contributed by atoms with Crippen LogP contribution in [0.1, 0.15) is 41.8 Å². The molecular weight excluding hydrogens is 220 g/mol. The highest BCUT2D eigenvalue weighted by molar-refractivity contribution is 5.92. The van der Waals surface area contributed by atoms with Gasteiger partial charge in [0.25, 0.3) is 5.91 Å². The highest BCUT2D eigenvalue weighted by Gasteiger charge is 2.24. The number of nitrogens with zero attached hydrogens (tertiary/aromatic N) is 1. The molecule has 0 aromatic carbocycles. The van der Waals surface area contributed by atoms with E-state index in [2.05, 4.69) is 10.5 Å². The second-order valence-electron chi connectivity index (χ2n) is 4.66. The van der Waals surface area contributed by atoms with Crippen LogP contribution in [0.15, 0.2) is 10.7 Å². The van der Waals surface area contributed by atoms with Gasteiger partial charge in [0.1, 0.15) is 0 Å². The van der Waals surface area contributed by atoms with Gasteiger partial charge in [-0.05, 0) is 19.8 Å². The number of aromatic nitrogens is 1. The lowest BCUT2D eigenvalue weighted by Gasteiger charge is -2.27. The Morgan fingerprint density at radius 3 is 3.00 bits per heavy atom. The molecule has 1 aromatic rings. The summed E-state index contributed by atoms with van der Waals surface area (Å²) in [6.07, 6.45) is 5.23. The zero-order chi connectivity index (χ0) is 12.3. The number of hydrogen-bond acceptors (Lipinski definition) is 4. The van der Waals surface area contributed by atoms with Gasteiger partial charge >= 0.3 is 0 Å². The van der Waals surface area contributed by atoms with Crippen molar-refractivity contribution in [3.05, 3.63) is 17.5 Å². The van der Waals surface area contributed by atoms with E-state index < -0.39 is 0 Å². The van der Waals surface area contributed by atoms with Crippen molar-refractivity contribution < 1.29 is 14.4 Å². The van der Waals surface area contributed by atoms with Crippen molar-refractivity contribution in [3.8, 4) is 0 Å². The van der Waals surface area contributed by atoms with Crippen LogP contribution < -0.4 is 5.32 Å². The Morgan fingerprint density at radius 2 is 2.35 bits per heavy atom. The SMILES string of the molecule is Cc1cnoc1C(=O)NCC1CCCCC1O. The van der Waals surface area contributed by atoms with Crippen LogP contribution >= 0.6 is 0 Å². The number of aliphatic hydroxyl groups excluding tert-OH is 1. The van der Waals surface area contributed by atoms with Crippen molar-refractivity contribution in [3.63, 3.8) is 0 Å². The zero-order valence-corrected chi connectivity index (χ0v) is 9.98. The molecule has 1 aromatic heterocycles. The van der Waals surface area contributed by atoms with E-state index in [1.54, 1.807) is 6.92 Å². The Bertz CT molecular complexity index is 389. The Kier molecular flexibility index (Phi) is 3.78. The van der Waals surface area contributed by atoms with Crippen molar-refractivity contribution in [2.75, 3.05) is 6.54 Å². The van der Waals surface area contributed by atoms with Crippen molar-refractivity contribution in [2.24, 2.45) is 5.92 Å². The van der Waals surface area contributed by atoms with Crippen LogP contribution in [-0.2, 0) is 0 Å². The number of nitrogens with one attached hydrogen (secondary N) is 1. The molecule has 5 nitrogen and oxygen atoms in total. The molecule has 94 valence electrons. The zero-order valence-electron chi connectivity index (χ0n) is 9.98. The summed E-state index contributed by atoms with van der Waals surface area (Å²) >= 11 is 0. The fourth-order valence-corrected chi connectivity index (χ4v) is 2.24. The molecule has 17 heavy (non-hydrogen) atoms. The van der Waals surface area contributed by atoms with E-state index in [9.17, 15) is 9.90 Å². The van der Waals surface area contributed by atoms with Gasteiger partial charge in [0, 0.05) is 18.0 Å². The van der Waals surface area contributed by atoms with Gasteiger partial charge in [-0.2, -0.15) is 0 Å². The number of amides is 1. The smallest absolute Gasteiger partial charge is 0.290 e. The summed E-state index contributed by atoms with van der Waals surface area (Å²) in [7, 11) is 0. The average Bonchev–Trinajstić information content (AvgIpc) is 2.74. The molecular formula is C12H18N2O3. The quantitative estimate of drug-likeness (QED) is 0.831. The second kappa shape index (κ2) is 5.31. The van der Waals surface area contributed by atoms with Crippen LogP contribution in [-0.4, -0.2) is 28.8 Å². The van der Waals surface area contributed by atoms with E-state index in [0.29, 0.717) is 6.54 Å². The first kappa shape index (κ1) is 12.1. The van der Waals surface area contributed by atoms with Crippen LogP contribution in [0.2, 0.25) is 0 Å². The van der Waals surface area contributed by atoms with E-state index in [-0.39, 0.29) is 23.7 Å². The first-order valence-corrected chi connectivity index (χ1v) is 6.06. The summed E-state index contributed by atoms with van der Waals surface area (Å²) in [5, 5.41) is 16.1. The molecule has 1 fully saturated rings. The van der Waals surface area contributed by atoms with E-state index in [4.69, 9.17) is 4.52 Å². The topological polar surface area (TPSA) is 75.4 Å². The average molecular weight is 238 g/mol. The van der Waals surface area contributed by atoms with Crippen LogP contribution in [0.4, 0.5) is 0 Å². The number of carbonyl (C=O) groups excluding carboxylic acids is 1. The maximum absolute atomic E-state index is 11.7. The molecule has 5 heteroatoms. The Balaban J connectivity index is 1.86. The van der Waals surface area contributed by atoms with Crippen LogP contribution in [0, 0.1) is 12.8 Å². The molecule has 2 atom stereocenters. The Hall–Kier alpha value is -1.36. The Morgan fingerprint density at radius 1 is 1.59 bits per heavy atom. The minimum absolute atomic E-state index is 0.163. The standard InChI is InChI=1S/C12H18N2O3/c1-8-6-14-17-11(8)12(16)13-7-9-4-2-3-5-10(9)15/h6,9-10,15H,2-5,7H2,1H3,(H,13,16).